The van der Waals surface area contributed by atoms with E-state index in [9.17, 15) is 4.79 Å². The zero-order valence-electron chi connectivity index (χ0n) is 7.51. The molecule has 80 valence electrons. The molecule has 0 aliphatic carbocycles. The van der Waals surface area contributed by atoms with E-state index in [4.69, 9.17) is 4.79 Å². The minimum atomic E-state index is -0.278. The van der Waals surface area contributed by atoms with Gasteiger partial charge in [-0.25, -0.2) is 0 Å². The summed E-state index contributed by atoms with van der Waals surface area (Å²) in [5.74, 6) is 0.255. The molecule has 0 saturated heterocycles. The Morgan fingerprint density at radius 2 is 1.46 bits per heavy atom. The van der Waals surface area contributed by atoms with Crippen LogP contribution < -0.4 is 0 Å². The molecule has 0 rings (SSSR count). The molecule has 0 N–H and O–H groups in total. The Morgan fingerprint density at radius 3 is 1.46 bits per heavy atom. The van der Waals surface area contributed by atoms with E-state index >= 15 is 0 Å². The van der Waals surface area contributed by atoms with E-state index in [1.807, 2.05) is 6.92 Å². The molecule has 0 aliphatic rings. The number of hydrogen-bond donors (Lipinski definition) is 0. The van der Waals surface area contributed by atoms with Gasteiger partial charge in [0.05, 0.1) is 0 Å². The van der Waals surface area contributed by atoms with Crippen molar-refractivity contribution in [2.24, 2.45) is 0 Å². The normalized spacial score (nSPS) is 6.69. The van der Waals surface area contributed by atoms with Gasteiger partial charge in [0.25, 0.3) is 0 Å². The standard InChI is InChI=1S/C4H8O.C2H3O.3HI.V.W/c1-3-4(2)5;1-2-3;;;;;/h3H2,1-2H3;1H3;3*1H;;/q;-1;;;;+3;/p-3. The topological polar surface area (TPSA) is 34.1 Å². The molecule has 0 aromatic heterocycles. The Balaban J connectivity index is -0.0000000465. The molecule has 0 aliphatic heterocycles. The Kier molecular flexibility index (Phi) is 46.2. The quantitative estimate of drug-likeness (QED) is 0.305. The summed E-state index contributed by atoms with van der Waals surface area (Å²) in [6.45, 7) is 4.75. The van der Waals surface area contributed by atoms with Crippen LogP contribution in [-0.2, 0) is 35.6 Å². The summed E-state index contributed by atoms with van der Waals surface area (Å²) in [5, 5.41) is 0. The number of halogens is 3. The predicted molar refractivity (Wildman–Crippen MR) is 74.4 cm³/mol. The van der Waals surface area contributed by atoms with Crippen LogP contribution in [0.1, 0.15) is 27.2 Å². The van der Waals surface area contributed by atoms with Gasteiger partial charge in [-0.1, -0.05) is 6.92 Å². The smallest absolute Gasteiger partial charge is 0 e. The van der Waals surface area contributed by atoms with Gasteiger partial charge in [-0.3, -0.25) is 6.29 Å². The first-order valence-corrected chi connectivity index (χ1v) is 16.5. The van der Waals surface area contributed by atoms with Crippen LogP contribution in [0, 0.1) is 0 Å². The average molecular weight is 731 g/mol. The fraction of sp³-hybridized carbons (Fsp3) is 0.667. The van der Waals surface area contributed by atoms with Crippen molar-refractivity contribution in [2.75, 3.05) is 0 Å². The zero-order chi connectivity index (χ0) is 10.6. The molecule has 2 nitrogen and oxygen atoms in total. The molecule has 0 aromatic carbocycles. The van der Waals surface area contributed by atoms with Gasteiger partial charge in [0.2, 0.25) is 0 Å². The number of Topliss-reactive ketones (excluding diaryl/α,β-unsaturated/α-hetero) is 1. The SMILES string of the molecule is CCC(C)=O.C[C-]=O.[I][V]([I])[I].[W]. The molecule has 7 heteroatoms. The predicted octanol–water partition coefficient (Wildman–Crippen LogP) is 3.75. The Hall–Kier alpha value is 2.80. The maximum atomic E-state index is 9.81. The minimum Gasteiger partial charge on any atom is 0 e. The van der Waals surface area contributed by atoms with Gasteiger partial charge in [0.1, 0.15) is 5.78 Å². The molecule has 0 spiro atoms. The van der Waals surface area contributed by atoms with Crippen molar-refractivity contribution < 1.29 is 35.6 Å². The molecule has 0 radical (unpaired) electrons. The third-order valence-corrected chi connectivity index (χ3v) is 0.498. The van der Waals surface area contributed by atoms with Crippen molar-refractivity contribution in [1.82, 2.24) is 0 Å². The Morgan fingerprint density at radius 1 is 1.38 bits per heavy atom. The van der Waals surface area contributed by atoms with Crippen LogP contribution in [0.3, 0.4) is 0 Å². The fourth-order valence-electron chi connectivity index (χ4n) is 0. The van der Waals surface area contributed by atoms with Crippen molar-refractivity contribution in [2.45, 2.75) is 27.2 Å². The van der Waals surface area contributed by atoms with E-state index in [-0.39, 0.29) is 31.8 Å². The third-order valence-electron chi connectivity index (χ3n) is 0.498. The maximum absolute atomic E-state index is 9.81. The Labute approximate surface area is 132 Å². The van der Waals surface area contributed by atoms with Crippen LogP contribution in [-0.4, -0.2) is 12.1 Å². The largest absolute Gasteiger partial charge is 0 e. The van der Waals surface area contributed by atoms with Crippen LogP contribution >= 0.6 is 59.9 Å². The van der Waals surface area contributed by atoms with Crippen molar-refractivity contribution in [3.63, 3.8) is 0 Å². The molecular formula is C6H11I3O2VW-. The van der Waals surface area contributed by atoms with Gasteiger partial charge in [0, 0.05) is 27.5 Å². The minimum absolute atomic E-state index is 0. The molecule has 0 atom stereocenters. The van der Waals surface area contributed by atoms with Crippen molar-refractivity contribution >= 4 is 72.0 Å². The number of rotatable bonds is 1. The van der Waals surface area contributed by atoms with E-state index in [0.717, 1.165) is 0 Å². The van der Waals surface area contributed by atoms with E-state index in [1.165, 1.54) is 13.2 Å². The second kappa shape index (κ2) is 24.2. The molecule has 0 aromatic rings. The number of carbonyl (C=O) groups excluding carboxylic acids is 2. The van der Waals surface area contributed by atoms with Gasteiger partial charge >= 0.3 is 64.9 Å². The van der Waals surface area contributed by atoms with Crippen molar-refractivity contribution in [1.29, 1.82) is 0 Å². The van der Waals surface area contributed by atoms with Gasteiger partial charge < -0.3 is 9.59 Å². The summed E-state index contributed by atoms with van der Waals surface area (Å²) in [7, 11) is 0. The van der Waals surface area contributed by atoms with E-state index in [0.29, 0.717) is 6.42 Å². The van der Waals surface area contributed by atoms with Crippen molar-refractivity contribution in [3.8, 4) is 0 Å². The number of hydrogen-bond acceptors (Lipinski definition) is 2. The van der Waals surface area contributed by atoms with E-state index < -0.39 is 0 Å². The van der Waals surface area contributed by atoms with Crippen molar-refractivity contribution in [3.05, 3.63) is 0 Å². The summed E-state index contributed by atoms with van der Waals surface area (Å²) in [6.07, 6.45) is 2.17. The summed E-state index contributed by atoms with van der Waals surface area (Å²) in [4.78, 5) is 18.2. The average Bonchev–Trinajstić information content (AvgIpc) is 1.88. The van der Waals surface area contributed by atoms with Crippen LogP contribution in [0.25, 0.3) is 0 Å². The summed E-state index contributed by atoms with van der Waals surface area (Å²) in [5.41, 5.74) is 0. The molecule has 0 unspecified atom stereocenters. The molecule has 0 saturated carbocycles. The Bertz CT molecular complexity index is 111. The van der Waals surface area contributed by atoms with Crippen LogP contribution in [0.15, 0.2) is 0 Å². The number of ketones is 1. The fourth-order valence-corrected chi connectivity index (χ4v) is 0. The maximum Gasteiger partial charge on any atom is 0 e. The van der Waals surface area contributed by atoms with Gasteiger partial charge in [-0.2, -0.15) is 6.92 Å². The van der Waals surface area contributed by atoms with Crippen LogP contribution in [0.4, 0.5) is 0 Å². The first-order chi connectivity index (χ1) is 5.42. The van der Waals surface area contributed by atoms with E-state index in [1.54, 1.807) is 6.92 Å². The monoisotopic (exact) mass is 731 g/mol. The number of carbonyl (C=O) groups is 1. The first-order valence-electron chi connectivity index (χ1n) is 2.98. The molecule has 0 bridgehead atoms. The van der Waals surface area contributed by atoms with Crippen LogP contribution in [0.5, 0.6) is 0 Å². The molecule has 0 fully saturated rings. The summed E-state index contributed by atoms with van der Waals surface area (Å²) < 4.78 is 0. The van der Waals surface area contributed by atoms with Gasteiger partial charge in [-0.15, -0.1) is 0 Å². The van der Waals surface area contributed by atoms with E-state index in [2.05, 4.69) is 59.9 Å². The second-order valence-corrected chi connectivity index (χ2v) is 36.8. The molecule has 0 heterocycles. The summed E-state index contributed by atoms with van der Waals surface area (Å²) in [6, 6.07) is 0. The van der Waals surface area contributed by atoms with Crippen LogP contribution in [0.2, 0.25) is 0 Å². The third kappa shape index (κ3) is 105. The molecule has 0 amide bonds. The second-order valence-electron chi connectivity index (χ2n) is 1.45. The summed E-state index contributed by atoms with van der Waals surface area (Å²) >= 11 is 7.39. The first kappa shape index (κ1) is 24.9. The van der Waals surface area contributed by atoms with Gasteiger partial charge in [-0.05, 0) is 6.92 Å². The van der Waals surface area contributed by atoms with Gasteiger partial charge in [0.15, 0.2) is 0 Å². The molecule has 13 heavy (non-hydrogen) atoms. The zero-order valence-corrected chi connectivity index (χ0v) is 18.3. The molecular weight excluding hydrogens is 720 g/mol.